The van der Waals surface area contributed by atoms with Gasteiger partial charge in [0.1, 0.15) is 17.5 Å². The van der Waals surface area contributed by atoms with Gasteiger partial charge in [-0.2, -0.15) is 0 Å². The number of aliphatic hydroxyl groups is 2. The third-order valence-electron chi connectivity index (χ3n) is 4.62. The quantitative estimate of drug-likeness (QED) is 0.764. The fourth-order valence-corrected chi connectivity index (χ4v) is 3.26. The largest absolute Gasteiger partial charge is 0.485 e. The van der Waals surface area contributed by atoms with Crippen LogP contribution in [-0.2, 0) is 6.42 Å². The van der Waals surface area contributed by atoms with Gasteiger partial charge in [0.05, 0.1) is 12.6 Å². The van der Waals surface area contributed by atoms with Crippen LogP contribution < -0.4 is 10.1 Å². The summed E-state index contributed by atoms with van der Waals surface area (Å²) in [4.78, 5) is 0. The van der Waals surface area contributed by atoms with E-state index in [4.69, 9.17) is 4.74 Å². The van der Waals surface area contributed by atoms with Gasteiger partial charge in [-0.25, -0.2) is 0 Å². The summed E-state index contributed by atoms with van der Waals surface area (Å²) < 4.78 is 5.94. The average Bonchev–Trinajstić information content (AvgIpc) is 2.58. The summed E-state index contributed by atoms with van der Waals surface area (Å²) in [6.45, 7) is 3.77. The van der Waals surface area contributed by atoms with Gasteiger partial charge in [-0.3, -0.25) is 0 Å². The Morgan fingerprint density at radius 3 is 2.40 bits per heavy atom. The Morgan fingerprint density at radius 2 is 1.72 bits per heavy atom. The highest BCUT2D eigenvalue weighted by Crippen LogP contribution is 2.39. The summed E-state index contributed by atoms with van der Waals surface area (Å²) in [5.74, 6) is 0.779. The van der Waals surface area contributed by atoms with Gasteiger partial charge in [0.15, 0.2) is 0 Å². The number of nitrogens with one attached hydrogen (secondary N) is 1. The first kappa shape index (κ1) is 19.7. The Balaban J connectivity index is 0.00000225. The van der Waals surface area contributed by atoms with Crippen molar-refractivity contribution in [3.63, 3.8) is 0 Å². The molecule has 3 unspecified atom stereocenters. The van der Waals surface area contributed by atoms with Crippen LogP contribution in [0.4, 0.5) is 0 Å². The number of hydrogen-bond acceptors (Lipinski definition) is 4. The molecule has 0 aliphatic carbocycles. The standard InChI is InChI=1S/C20H25NO3.ClH/c1-20(2)19(23)18(16-10-6-7-11-17(16)24-20)21-15(13-22)12-14-8-4-3-5-9-14;/h3-11,15,18-19,21-23H,12-13H2,1-2H3;1H. The van der Waals surface area contributed by atoms with Crippen molar-refractivity contribution in [2.24, 2.45) is 0 Å². The summed E-state index contributed by atoms with van der Waals surface area (Å²) in [5.41, 5.74) is 1.38. The summed E-state index contributed by atoms with van der Waals surface area (Å²) in [5, 5.41) is 24.0. The minimum atomic E-state index is -0.711. The lowest BCUT2D eigenvalue weighted by atomic mass is 9.86. The van der Waals surface area contributed by atoms with Gasteiger partial charge < -0.3 is 20.3 Å². The lowest BCUT2D eigenvalue weighted by Crippen LogP contribution is -2.54. The van der Waals surface area contributed by atoms with Gasteiger partial charge in [0, 0.05) is 11.6 Å². The normalized spacial score (nSPS) is 22.2. The molecule has 3 N–H and O–H groups in total. The number of rotatable bonds is 5. The Labute approximate surface area is 155 Å². The van der Waals surface area contributed by atoms with E-state index in [0.717, 1.165) is 16.9 Å². The SMILES string of the molecule is CC1(C)Oc2ccccc2C(NC(CO)Cc2ccccc2)C1O.Cl. The molecule has 1 aliphatic heterocycles. The smallest absolute Gasteiger partial charge is 0.131 e. The van der Waals surface area contributed by atoms with E-state index in [1.54, 1.807) is 0 Å². The number of fused-ring (bicyclic) bond motifs is 1. The molecular weight excluding hydrogens is 338 g/mol. The monoisotopic (exact) mass is 363 g/mol. The van der Waals surface area contributed by atoms with Crippen LogP contribution in [0.1, 0.15) is 31.0 Å². The predicted molar refractivity (Wildman–Crippen MR) is 101 cm³/mol. The molecule has 25 heavy (non-hydrogen) atoms. The molecule has 0 spiro atoms. The van der Waals surface area contributed by atoms with E-state index >= 15 is 0 Å². The lowest BCUT2D eigenvalue weighted by Gasteiger charge is -2.43. The van der Waals surface area contributed by atoms with Crippen molar-refractivity contribution < 1.29 is 14.9 Å². The van der Waals surface area contributed by atoms with Gasteiger partial charge in [0.25, 0.3) is 0 Å². The van der Waals surface area contributed by atoms with E-state index in [2.05, 4.69) is 5.32 Å². The summed E-state index contributed by atoms with van der Waals surface area (Å²) in [7, 11) is 0. The molecule has 0 bridgehead atoms. The topological polar surface area (TPSA) is 61.7 Å². The van der Waals surface area contributed by atoms with Crippen LogP contribution in [0.15, 0.2) is 54.6 Å². The Kier molecular flexibility index (Phi) is 6.47. The minimum absolute atomic E-state index is 0. The number of benzene rings is 2. The molecule has 0 aromatic heterocycles. The molecule has 0 amide bonds. The molecule has 0 radical (unpaired) electrons. The molecule has 0 saturated carbocycles. The number of aliphatic hydroxyl groups excluding tert-OH is 2. The molecule has 4 nitrogen and oxygen atoms in total. The van der Waals surface area contributed by atoms with Crippen molar-refractivity contribution in [2.75, 3.05) is 6.61 Å². The second-order valence-corrected chi connectivity index (χ2v) is 6.90. The van der Waals surface area contributed by atoms with Crippen LogP contribution in [0.3, 0.4) is 0 Å². The van der Waals surface area contributed by atoms with Gasteiger partial charge >= 0.3 is 0 Å². The first-order chi connectivity index (χ1) is 11.5. The molecule has 1 heterocycles. The van der Waals surface area contributed by atoms with Crippen LogP contribution in [-0.4, -0.2) is 34.6 Å². The Hall–Kier alpha value is -1.59. The van der Waals surface area contributed by atoms with E-state index in [9.17, 15) is 10.2 Å². The maximum atomic E-state index is 10.8. The molecular formula is C20H26ClNO3. The zero-order valence-corrected chi connectivity index (χ0v) is 15.4. The van der Waals surface area contributed by atoms with Crippen molar-refractivity contribution >= 4 is 12.4 Å². The number of para-hydroxylation sites is 1. The molecule has 0 saturated heterocycles. The van der Waals surface area contributed by atoms with E-state index in [1.165, 1.54) is 0 Å². The van der Waals surface area contributed by atoms with Crippen LogP contribution >= 0.6 is 12.4 Å². The van der Waals surface area contributed by atoms with Crippen molar-refractivity contribution in [1.29, 1.82) is 0 Å². The highest BCUT2D eigenvalue weighted by atomic mass is 35.5. The zero-order valence-electron chi connectivity index (χ0n) is 14.6. The average molecular weight is 364 g/mol. The van der Waals surface area contributed by atoms with Crippen LogP contribution in [0.25, 0.3) is 0 Å². The van der Waals surface area contributed by atoms with Crippen molar-refractivity contribution in [2.45, 2.75) is 44.1 Å². The van der Waals surface area contributed by atoms with E-state index in [-0.39, 0.29) is 31.1 Å². The van der Waals surface area contributed by atoms with Crippen molar-refractivity contribution in [3.8, 4) is 5.75 Å². The van der Waals surface area contributed by atoms with Crippen molar-refractivity contribution in [1.82, 2.24) is 5.32 Å². The van der Waals surface area contributed by atoms with E-state index < -0.39 is 11.7 Å². The number of halogens is 1. The highest BCUT2D eigenvalue weighted by molar-refractivity contribution is 5.85. The highest BCUT2D eigenvalue weighted by Gasteiger charge is 2.43. The molecule has 0 fully saturated rings. The van der Waals surface area contributed by atoms with Gasteiger partial charge in [0.2, 0.25) is 0 Å². The molecule has 3 rings (SSSR count). The van der Waals surface area contributed by atoms with Gasteiger partial charge in [-0.15, -0.1) is 12.4 Å². The molecule has 1 aliphatic rings. The summed E-state index contributed by atoms with van der Waals surface area (Å²) in [6.07, 6.45) is -0.0125. The minimum Gasteiger partial charge on any atom is -0.485 e. The van der Waals surface area contributed by atoms with E-state index in [1.807, 2.05) is 68.4 Å². The van der Waals surface area contributed by atoms with Crippen molar-refractivity contribution in [3.05, 3.63) is 65.7 Å². The third-order valence-corrected chi connectivity index (χ3v) is 4.62. The predicted octanol–water partition coefficient (Wildman–Crippen LogP) is 2.87. The number of hydrogen-bond donors (Lipinski definition) is 3. The van der Waals surface area contributed by atoms with Gasteiger partial charge in [-0.05, 0) is 31.9 Å². The first-order valence-corrected chi connectivity index (χ1v) is 8.38. The third kappa shape index (κ3) is 4.33. The molecule has 2 aromatic rings. The number of ether oxygens (including phenoxy) is 1. The fraction of sp³-hybridized carbons (Fsp3) is 0.400. The summed E-state index contributed by atoms with van der Waals surface area (Å²) >= 11 is 0. The molecule has 5 heteroatoms. The Bertz CT molecular complexity index is 678. The lowest BCUT2D eigenvalue weighted by molar-refractivity contribution is -0.0674. The van der Waals surface area contributed by atoms with Crippen LogP contribution in [0, 0.1) is 0 Å². The van der Waals surface area contributed by atoms with E-state index in [0.29, 0.717) is 6.42 Å². The van der Waals surface area contributed by atoms with Gasteiger partial charge in [-0.1, -0.05) is 48.5 Å². The first-order valence-electron chi connectivity index (χ1n) is 8.38. The zero-order chi connectivity index (χ0) is 17.2. The second kappa shape index (κ2) is 8.19. The molecule has 2 aromatic carbocycles. The maximum Gasteiger partial charge on any atom is 0.131 e. The summed E-state index contributed by atoms with van der Waals surface area (Å²) in [6, 6.07) is 17.4. The molecule has 136 valence electrons. The molecule has 3 atom stereocenters. The van der Waals surface area contributed by atoms with Crippen LogP contribution in [0.2, 0.25) is 0 Å². The maximum absolute atomic E-state index is 10.8. The fourth-order valence-electron chi connectivity index (χ4n) is 3.26. The Morgan fingerprint density at radius 1 is 1.08 bits per heavy atom. The second-order valence-electron chi connectivity index (χ2n) is 6.90. The van der Waals surface area contributed by atoms with Crippen LogP contribution in [0.5, 0.6) is 5.75 Å².